The van der Waals surface area contributed by atoms with E-state index >= 15 is 0 Å². The van der Waals surface area contributed by atoms with Crippen molar-refractivity contribution in [3.8, 4) is 0 Å². The van der Waals surface area contributed by atoms with Crippen molar-refractivity contribution in [3.05, 3.63) is 11.6 Å². The molecule has 7 heteroatoms. The van der Waals surface area contributed by atoms with E-state index in [2.05, 4.69) is 30.4 Å². The number of nitrogens with one attached hydrogen (secondary N) is 1. The van der Waals surface area contributed by atoms with Crippen molar-refractivity contribution in [1.82, 2.24) is 10.2 Å². The number of hydrogen-bond donors (Lipinski definition) is 2. The number of aliphatic hydroxyl groups excluding tert-OH is 1. The minimum Gasteiger partial charge on any atom is -0.393 e. The number of likely N-dealkylation sites (N-methyl/N-ethyl adjacent to an activating group) is 1. The third-order valence-electron chi connectivity index (χ3n) is 10.1. The molecular weight excluding hydrogens is 433 g/mol. The Kier molecular flexibility index (Phi) is 7.73. The van der Waals surface area contributed by atoms with Crippen LogP contribution in [-0.2, 0) is 4.84 Å². The molecule has 4 aliphatic rings. The molecule has 4 rings (SSSR count). The summed E-state index contributed by atoms with van der Waals surface area (Å²) in [7, 11) is 1.67. The molecule has 0 aromatic carbocycles. The number of hydrogen-bond acceptors (Lipinski definition) is 5. The summed E-state index contributed by atoms with van der Waals surface area (Å²) >= 11 is 0. The maximum absolute atomic E-state index is 12.3. The molecule has 7 atom stereocenters. The lowest BCUT2D eigenvalue weighted by Gasteiger charge is -2.58. The molecule has 1 amide bonds. The summed E-state index contributed by atoms with van der Waals surface area (Å²) in [5, 5.41) is 17.5. The van der Waals surface area contributed by atoms with Crippen LogP contribution in [0.5, 0.6) is 0 Å². The summed E-state index contributed by atoms with van der Waals surface area (Å²) < 4.78 is 12.2. The molecule has 4 aliphatic carbocycles. The van der Waals surface area contributed by atoms with E-state index < -0.39 is 12.8 Å². The van der Waals surface area contributed by atoms with Crippen molar-refractivity contribution in [2.75, 3.05) is 33.4 Å². The molecule has 0 aliphatic heterocycles. The van der Waals surface area contributed by atoms with Crippen LogP contribution in [0.15, 0.2) is 16.8 Å². The molecule has 192 valence electrons. The molecule has 2 N–H and O–H groups in total. The zero-order valence-electron chi connectivity index (χ0n) is 21.5. The average Bonchev–Trinajstić information content (AvgIpc) is 3.17. The van der Waals surface area contributed by atoms with Crippen molar-refractivity contribution < 1.29 is 19.1 Å². The van der Waals surface area contributed by atoms with Crippen molar-refractivity contribution in [3.63, 3.8) is 0 Å². The molecule has 3 fully saturated rings. The van der Waals surface area contributed by atoms with Gasteiger partial charge in [0.2, 0.25) is 0 Å². The molecule has 0 unspecified atom stereocenters. The normalized spacial score (nSPS) is 39.5. The van der Waals surface area contributed by atoms with E-state index in [0.29, 0.717) is 43.3 Å². The molecule has 0 bridgehead atoms. The molecule has 6 nitrogen and oxygen atoms in total. The summed E-state index contributed by atoms with van der Waals surface area (Å²) in [5.74, 6) is 2.43. The van der Waals surface area contributed by atoms with Gasteiger partial charge in [-0.1, -0.05) is 30.7 Å². The van der Waals surface area contributed by atoms with Crippen LogP contribution in [0.3, 0.4) is 0 Å². The van der Waals surface area contributed by atoms with Crippen LogP contribution in [0.4, 0.5) is 9.18 Å². The maximum atomic E-state index is 12.3. The van der Waals surface area contributed by atoms with Gasteiger partial charge in [-0.25, -0.2) is 9.18 Å². The first-order valence-electron chi connectivity index (χ1n) is 13.3. The lowest BCUT2D eigenvalue weighted by Crippen LogP contribution is -2.50. The standard InChI is InChI=1S/C27H44FN3O3/c1-18(30-34-25(33)31(4)16-15-29-14-13-28)22-7-8-23-21-6-5-19-17-20(32)9-11-26(19,2)24(21)10-12-27(22,23)3/h5,20-24,29,32H,6-17H2,1-4H3/b30-18+/t20-,21-,22+,23-,24-,26-,27+/m0/s1. The third kappa shape index (κ3) is 4.67. The van der Waals surface area contributed by atoms with Gasteiger partial charge in [0.25, 0.3) is 0 Å². The van der Waals surface area contributed by atoms with Crippen LogP contribution in [0.2, 0.25) is 0 Å². The Bertz CT molecular complexity index is 817. The lowest BCUT2D eigenvalue weighted by molar-refractivity contribution is -0.0426. The van der Waals surface area contributed by atoms with Crippen LogP contribution in [-0.4, -0.2) is 61.3 Å². The van der Waals surface area contributed by atoms with Crippen LogP contribution in [0, 0.1) is 34.5 Å². The van der Waals surface area contributed by atoms with Crippen molar-refractivity contribution >= 4 is 11.8 Å². The van der Waals surface area contributed by atoms with Gasteiger partial charge in [0.15, 0.2) is 0 Å². The van der Waals surface area contributed by atoms with Gasteiger partial charge in [0.05, 0.1) is 11.8 Å². The Morgan fingerprint density at radius 3 is 2.79 bits per heavy atom. The third-order valence-corrected chi connectivity index (χ3v) is 10.1. The van der Waals surface area contributed by atoms with Gasteiger partial charge in [-0.3, -0.25) is 4.84 Å². The summed E-state index contributed by atoms with van der Waals surface area (Å²) in [6, 6.07) is 0. The largest absolute Gasteiger partial charge is 0.435 e. The minimum absolute atomic E-state index is 0.160. The number of nitrogens with zero attached hydrogens (tertiary/aromatic N) is 2. The first kappa shape index (κ1) is 25.6. The van der Waals surface area contributed by atoms with E-state index in [4.69, 9.17) is 4.84 Å². The summed E-state index contributed by atoms with van der Waals surface area (Å²) in [6.07, 6.45) is 10.6. The Balaban J connectivity index is 1.40. The molecule has 0 saturated heterocycles. The van der Waals surface area contributed by atoms with Crippen LogP contribution < -0.4 is 5.32 Å². The predicted octanol–water partition coefficient (Wildman–Crippen LogP) is 4.93. The smallest absolute Gasteiger partial charge is 0.393 e. The molecule has 0 spiro atoms. The van der Waals surface area contributed by atoms with Crippen molar-refractivity contribution in [2.45, 2.75) is 78.2 Å². The quantitative estimate of drug-likeness (QED) is 0.179. The van der Waals surface area contributed by atoms with E-state index in [1.54, 1.807) is 7.05 Å². The van der Waals surface area contributed by atoms with Crippen molar-refractivity contribution in [2.24, 2.45) is 39.7 Å². The number of amides is 1. The summed E-state index contributed by atoms with van der Waals surface area (Å²) in [5.41, 5.74) is 2.89. The highest BCUT2D eigenvalue weighted by atomic mass is 19.1. The number of halogens is 1. The van der Waals surface area contributed by atoms with Gasteiger partial charge in [0.1, 0.15) is 6.67 Å². The van der Waals surface area contributed by atoms with Gasteiger partial charge in [-0.2, -0.15) is 0 Å². The zero-order chi connectivity index (χ0) is 24.5. The van der Waals surface area contributed by atoms with E-state index in [-0.39, 0.29) is 16.9 Å². The SMILES string of the molecule is C/C(=N\OC(=O)N(C)CCNCCF)[C@H]1CC[C@H]2[C@@H]3CC=C4C[C@@H](O)CC[C@]4(C)[C@H]3CC[C@]12C. The van der Waals surface area contributed by atoms with E-state index in [1.165, 1.54) is 29.7 Å². The molecule has 0 aromatic heterocycles. The lowest BCUT2D eigenvalue weighted by atomic mass is 9.47. The number of carbonyl (C=O) groups is 1. The van der Waals surface area contributed by atoms with Crippen LogP contribution in [0.1, 0.15) is 72.1 Å². The molecule has 3 saturated carbocycles. The van der Waals surface area contributed by atoms with Gasteiger partial charge in [0, 0.05) is 32.6 Å². The number of alkyl halides is 1. The minimum atomic E-state index is -0.470. The molecule has 0 aromatic rings. The Morgan fingerprint density at radius 1 is 1.24 bits per heavy atom. The molecule has 0 radical (unpaired) electrons. The summed E-state index contributed by atoms with van der Waals surface area (Å²) in [6.45, 7) is 7.78. The number of oxime groups is 1. The Labute approximate surface area is 204 Å². The number of carbonyl (C=O) groups excluding carboxylic acids is 1. The fourth-order valence-corrected chi connectivity index (χ4v) is 8.10. The number of fused-ring (bicyclic) bond motifs is 5. The fourth-order valence-electron chi connectivity index (χ4n) is 8.10. The average molecular weight is 478 g/mol. The van der Waals surface area contributed by atoms with Gasteiger partial charge >= 0.3 is 6.09 Å². The molecule has 34 heavy (non-hydrogen) atoms. The summed E-state index contributed by atoms with van der Waals surface area (Å²) in [4.78, 5) is 19.1. The number of allylic oxidation sites excluding steroid dienone is 1. The Morgan fingerprint density at radius 2 is 2.03 bits per heavy atom. The van der Waals surface area contributed by atoms with Gasteiger partial charge in [-0.05, 0) is 86.9 Å². The first-order chi connectivity index (χ1) is 16.2. The number of aliphatic hydroxyl groups is 1. The van der Waals surface area contributed by atoms with Gasteiger partial charge in [-0.15, -0.1) is 0 Å². The highest BCUT2D eigenvalue weighted by Gasteiger charge is 2.59. The highest BCUT2D eigenvalue weighted by Crippen LogP contribution is 2.66. The molecule has 0 heterocycles. The van der Waals surface area contributed by atoms with Crippen LogP contribution >= 0.6 is 0 Å². The second kappa shape index (κ2) is 10.3. The highest BCUT2D eigenvalue weighted by molar-refractivity contribution is 5.85. The second-order valence-corrected chi connectivity index (χ2v) is 11.8. The fraction of sp³-hybridized carbons (Fsp3) is 0.852. The van der Waals surface area contributed by atoms with E-state index in [0.717, 1.165) is 37.8 Å². The van der Waals surface area contributed by atoms with E-state index in [1.807, 2.05) is 6.92 Å². The topological polar surface area (TPSA) is 74.2 Å². The number of rotatable bonds is 7. The second-order valence-electron chi connectivity index (χ2n) is 11.8. The van der Waals surface area contributed by atoms with Crippen molar-refractivity contribution in [1.29, 1.82) is 0 Å². The molecular formula is C27H44FN3O3. The first-order valence-corrected chi connectivity index (χ1v) is 13.3. The van der Waals surface area contributed by atoms with Crippen LogP contribution in [0.25, 0.3) is 0 Å². The Hall–Kier alpha value is -1.47. The monoisotopic (exact) mass is 477 g/mol. The van der Waals surface area contributed by atoms with E-state index in [9.17, 15) is 14.3 Å². The zero-order valence-corrected chi connectivity index (χ0v) is 21.5. The predicted molar refractivity (Wildman–Crippen MR) is 132 cm³/mol. The maximum Gasteiger partial charge on any atom is 0.435 e. The van der Waals surface area contributed by atoms with Gasteiger partial charge < -0.3 is 15.3 Å².